The molecule has 2 aliphatic heterocycles. The van der Waals surface area contributed by atoms with Crippen LogP contribution in [0.4, 0.5) is 55.0 Å². The van der Waals surface area contributed by atoms with Gasteiger partial charge in [0.15, 0.2) is 0 Å². The van der Waals surface area contributed by atoms with E-state index in [0.29, 0.717) is 37.7 Å². The third kappa shape index (κ3) is 38.3. The maximum Gasteiger partial charge on any atom is 0.451 e. The Morgan fingerprint density at radius 3 is 1.39 bits per heavy atom. The summed E-state index contributed by atoms with van der Waals surface area (Å²) >= 11 is 11.5. The number of aryl methyl sites for hydroxylation is 2. The molecule has 666 valence electrons. The van der Waals surface area contributed by atoms with Crippen molar-refractivity contribution >= 4 is 69.6 Å². The number of aromatic nitrogens is 10. The zero-order chi connectivity index (χ0) is 85.8. The summed E-state index contributed by atoms with van der Waals surface area (Å²) in [5, 5.41) is 97.4. The lowest BCUT2D eigenvalue weighted by Crippen LogP contribution is -2.57. The minimum Gasteiger partial charge on any atom is -0.388 e. The van der Waals surface area contributed by atoms with Crippen LogP contribution in [0.1, 0.15) is 151 Å². The van der Waals surface area contributed by atoms with Crippen molar-refractivity contribution in [1.82, 2.24) is 65.9 Å². The van der Waals surface area contributed by atoms with Crippen LogP contribution in [0.2, 0.25) is 10.3 Å². The van der Waals surface area contributed by atoms with E-state index in [1.807, 2.05) is 0 Å². The van der Waals surface area contributed by atoms with Crippen LogP contribution < -0.4 is 31.9 Å². The van der Waals surface area contributed by atoms with Gasteiger partial charge in [0.2, 0.25) is 29.4 Å². The van der Waals surface area contributed by atoms with Gasteiger partial charge in [0.05, 0.1) is 145 Å². The lowest BCUT2D eigenvalue weighted by atomic mass is 9.98. The van der Waals surface area contributed by atoms with E-state index in [9.17, 15) is 81.4 Å². The predicted octanol–water partition coefficient (Wildman–Crippen LogP) is 7.26. The number of nitro groups is 2. The first-order valence-corrected chi connectivity index (χ1v) is 40.5. The van der Waals surface area contributed by atoms with Crippen molar-refractivity contribution in [2.24, 2.45) is 0 Å². The molecule has 0 spiro atoms. The van der Waals surface area contributed by atoms with Gasteiger partial charge in [-0.15, -0.1) is 10.2 Å². The van der Waals surface area contributed by atoms with Crippen molar-refractivity contribution < 1.29 is 114 Å². The Balaban J connectivity index is 0.693. The summed E-state index contributed by atoms with van der Waals surface area (Å²) in [7, 11) is 0. The molecule has 38 nitrogen and oxygen atoms in total. The Bertz CT molecular complexity index is 3640. The van der Waals surface area contributed by atoms with Gasteiger partial charge in [0, 0.05) is 63.9 Å². The van der Waals surface area contributed by atoms with Gasteiger partial charge < -0.3 is 95.0 Å². The molecule has 8 atom stereocenters. The van der Waals surface area contributed by atoms with E-state index in [1.54, 1.807) is 21.8 Å². The molecular formula is C73H108Cl2F6N18O20. The fraction of sp³-hybridized carbons (Fsp3) is 0.712. The van der Waals surface area contributed by atoms with Gasteiger partial charge in [0.1, 0.15) is 82.2 Å². The van der Waals surface area contributed by atoms with E-state index in [2.05, 4.69) is 72.5 Å². The number of nitrogens with zero attached hydrogens (tertiary/aromatic N) is 12. The van der Waals surface area contributed by atoms with Crippen LogP contribution in [-0.2, 0) is 95.5 Å². The fourth-order valence-electron chi connectivity index (χ4n) is 12.3. The molecule has 3 amide bonds. The number of nitrogens with one attached hydrogen (secondary N) is 6. The molecule has 0 saturated carbocycles. The van der Waals surface area contributed by atoms with Crippen LogP contribution in [0, 0.1) is 20.2 Å². The highest BCUT2D eigenvalue weighted by Crippen LogP contribution is 2.33. The molecule has 0 aliphatic carbocycles. The van der Waals surface area contributed by atoms with E-state index in [4.69, 9.17) is 65.8 Å². The van der Waals surface area contributed by atoms with Crippen molar-refractivity contribution in [2.75, 3.05) is 128 Å². The van der Waals surface area contributed by atoms with Gasteiger partial charge >= 0.3 is 12.4 Å². The van der Waals surface area contributed by atoms with Crippen LogP contribution in [0.3, 0.4) is 0 Å². The second kappa shape index (κ2) is 53.6. The number of halogens is 8. The number of carbonyl (C=O) groups is 3. The van der Waals surface area contributed by atoms with Crippen molar-refractivity contribution in [3.8, 4) is 0 Å². The number of non-ortho nitro benzene ring substituents is 1. The van der Waals surface area contributed by atoms with Crippen molar-refractivity contribution in [1.29, 1.82) is 0 Å². The number of benzene rings is 1. The molecular weight excluding hydrogens is 1630 g/mol. The smallest absolute Gasteiger partial charge is 0.388 e. The number of amides is 3. The lowest BCUT2D eigenvalue weighted by molar-refractivity contribution is -0.393. The molecule has 2 fully saturated rings. The van der Waals surface area contributed by atoms with E-state index in [0.717, 1.165) is 140 Å². The number of alkyl halides is 6. The predicted molar refractivity (Wildman–Crippen MR) is 414 cm³/mol. The maximum atomic E-state index is 13.1. The fourth-order valence-corrected chi connectivity index (χ4v) is 12.7. The average molecular weight is 1740 g/mol. The number of rotatable bonds is 61. The SMILES string of the molecule is O=C(CCOCC(COCCC(=O)NCc1cn(CCCCCCCCCCCOC[C@H]2OC[C@H](Nc3cc(Cl)nc(C(F)(F)F)n3)[C@@H](O)[C@H]2O)nn1)NC(=O)COCCOCCOCCNc1ccc([N+](=O)[O-])cc1[N+](=O)[O-])NCc1cn(CCCCCCCCCCCOC[C@H]2OC[C@H](Nc3cc(Cl)nc(C(F)(F)F)n3)[C@@H](O)[C@H]2O)nn1. The topological polar surface area (TPSA) is 487 Å². The van der Waals surface area contributed by atoms with E-state index in [-0.39, 0.29) is 154 Å². The Morgan fingerprint density at radius 1 is 0.521 bits per heavy atom. The molecule has 1 aromatic carbocycles. The van der Waals surface area contributed by atoms with Gasteiger partial charge in [-0.2, -0.15) is 26.3 Å². The highest BCUT2D eigenvalue weighted by atomic mass is 35.5. The Morgan fingerprint density at radius 2 is 0.950 bits per heavy atom. The molecule has 10 N–H and O–H groups in total. The molecule has 4 aromatic heterocycles. The highest BCUT2D eigenvalue weighted by molar-refractivity contribution is 6.29. The van der Waals surface area contributed by atoms with Crippen LogP contribution in [0.15, 0.2) is 42.7 Å². The number of hydrogen-bond acceptors (Lipinski definition) is 31. The average Bonchev–Trinajstić information content (AvgIpc) is 0.878. The molecule has 5 aromatic rings. The summed E-state index contributed by atoms with van der Waals surface area (Å²) in [5.74, 6) is -4.53. The first kappa shape index (κ1) is 98.0. The molecule has 6 heterocycles. The zero-order valence-electron chi connectivity index (χ0n) is 65.9. The summed E-state index contributed by atoms with van der Waals surface area (Å²) in [5.41, 5.74) is 0.414. The summed E-state index contributed by atoms with van der Waals surface area (Å²) in [6.07, 6.45) is 4.66. The minimum absolute atomic E-state index is 0.00362. The molecule has 46 heteroatoms. The molecule has 2 aliphatic rings. The number of aliphatic hydroxyl groups excluding tert-OH is 4. The Labute approximate surface area is 692 Å². The van der Waals surface area contributed by atoms with Gasteiger partial charge in [-0.25, -0.2) is 19.9 Å². The monoisotopic (exact) mass is 1740 g/mol. The maximum absolute atomic E-state index is 13.1. The summed E-state index contributed by atoms with van der Waals surface area (Å²) in [4.78, 5) is 72.9. The molecule has 2 saturated heterocycles. The van der Waals surface area contributed by atoms with Crippen LogP contribution in [0.5, 0.6) is 0 Å². The summed E-state index contributed by atoms with van der Waals surface area (Å²) in [6.45, 7) is 2.74. The number of unbranched alkanes of at least 4 members (excludes halogenated alkanes) is 16. The Hall–Kier alpha value is -8.09. The van der Waals surface area contributed by atoms with Crippen molar-refractivity contribution in [3.05, 3.63) is 96.3 Å². The highest BCUT2D eigenvalue weighted by Gasteiger charge is 2.42. The number of carbonyl (C=O) groups excluding carboxylic acids is 3. The number of anilines is 3. The lowest BCUT2D eigenvalue weighted by Gasteiger charge is -2.38. The molecule has 7 rings (SSSR count). The van der Waals surface area contributed by atoms with E-state index >= 15 is 0 Å². The molecule has 119 heavy (non-hydrogen) atoms. The number of hydrogen-bond donors (Lipinski definition) is 10. The standard InChI is InChI=1S/C73H108Cl2F6N18O20/c74-59-36-61(90-70(88-59)72(76,77)78)86-54-44-118-57(68(105)66(54)103)46-113-26-17-13-9-5-1-3-7-11-15-24-96-40-49(92-94-96)38-83-63(100)21-28-115-42-51(85-65(102)48-117-34-33-112-32-31-111-30-23-82-53-20-19-52(98(107)108)35-56(53)99(109)110)43-116-29-22-64(101)84-39-50-41-97(95-93-50)25-16-12-8-4-2-6-10-14-18-27-114-47-58-69(106)67(104)55(45-119-58)87-62-37-60(75)89-71(91-62)73(79,80)81/h19-20,35-37,40-41,51,54-55,57-58,66-69,82,103-106H,1-18,21-34,38-39,42-48H2,(H,83,100)(H,84,101)(H,85,102)(H,86,88,90)(H,87,89,91)/t54-,55-,57+,58+,66+,67+,68-,69-/m0/s1. The number of aliphatic hydroxyl groups is 4. The van der Waals surface area contributed by atoms with Gasteiger partial charge in [0.25, 0.3) is 11.4 Å². The third-order valence-electron chi connectivity index (χ3n) is 18.7. The summed E-state index contributed by atoms with van der Waals surface area (Å²) in [6, 6.07) is 2.82. The second-order valence-corrected chi connectivity index (χ2v) is 29.1. The van der Waals surface area contributed by atoms with Gasteiger partial charge in [-0.3, -0.25) is 44.0 Å². The number of ether oxygens (including phenoxy) is 9. The van der Waals surface area contributed by atoms with E-state index in [1.165, 1.54) is 6.07 Å². The van der Waals surface area contributed by atoms with E-state index < -0.39 is 116 Å². The van der Waals surface area contributed by atoms with Crippen LogP contribution in [-0.4, -0.2) is 265 Å². The normalized spacial score (nSPS) is 18.3. The van der Waals surface area contributed by atoms with Crippen LogP contribution >= 0.6 is 23.2 Å². The second-order valence-electron chi connectivity index (χ2n) is 28.3. The Kier molecular flexibility index (Phi) is 44.2. The first-order chi connectivity index (χ1) is 57.2. The third-order valence-corrected chi connectivity index (χ3v) is 19.1. The van der Waals surface area contributed by atoms with Crippen molar-refractivity contribution in [3.63, 3.8) is 0 Å². The largest absolute Gasteiger partial charge is 0.451 e. The minimum atomic E-state index is -4.83. The molecule has 0 radical (unpaired) electrons. The summed E-state index contributed by atoms with van der Waals surface area (Å²) < 4.78 is 133. The number of nitro benzene ring substituents is 2. The van der Waals surface area contributed by atoms with Gasteiger partial charge in [-0.05, 0) is 31.7 Å². The van der Waals surface area contributed by atoms with Crippen molar-refractivity contribution in [2.45, 2.75) is 222 Å². The van der Waals surface area contributed by atoms with Crippen LogP contribution in [0.25, 0.3) is 0 Å². The quantitative estimate of drug-likeness (QED) is 0.00601. The molecule has 0 unspecified atom stereocenters. The van der Waals surface area contributed by atoms with Gasteiger partial charge in [-0.1, -0.05) is 124 Å². The first-order valence-electron chi connectivity index (χ1n) is 39.7. The zero-order valence-corrected chi connectivity index (χ0v) is 67.5. The molecule has 0 bridgehead atoms.